The number of aromatic carboxylic acids is 1. The van der Waals surface area contributed by atoms with Crippen LogP contribution in [0.3, 0.4) is 0 Å². The molecule has 0 amide bonds. The summed E-state index contributed by atoms with van der Waals surface area (Å²) >= 11 is 4.56. The van der Waals surface area contributed by atoms with Crippen LogP contribution < -0.4 is 0 Å². The summed E-state index contributed by atoms with van der Waals surface area (Å²) in [5.41, 5.74) is 0.0101. The predicted octanol–water partition coefficient (Wildman–Crippen LogP) is 2.90. The van der Waals surface area contributed by atoms with Crippen molar-refractivity contribution in [3.8, 4) is 0 Å². The van der Waals surface area contributed by atoms with Crippen LogP contribution in [0.4, 0.5) is 0 Å². The number of hydrogen-bond acceptors (Lipinski definition) is 3. The highest BCUT2D eigenvalue weighted by molar-refractivity contribution is 9.11. The SMILES string of the molecule is CC(C)(C)c1nc(C(=O)O)c(Br)s1. The van der Waals surface area contributed by atoms with Gasteiger partial charge in [-0.3, -0.25) is 0 Å². The van der Waals surface area contributed by atoms with Gasteiger partial charge in [0.15, 0.2) is 5.69 Å². The molecule has 0 aliphatic heterocycles. The Kier molecular flexibility index (Phi) is 2.77. The Bertz CT molecular complexity index is 340. The number of carbonyl (C=O) groups is 1. The van der Waals surface area contributed by atoms with E-state index in [9.17, 15) is 4.79 Å². The molecule has 72 valence electrons. The van der Waals surface area contributed by atoms with Crippen molar-refractivity contribution in [1.82, 2.24) is 4.98 Å². The molecule has 0 aromatic carbocycles. The maximum Gasteiger partial charge on any atom is 0.356 e. The highest BCUT2D eigenvalue weighted by atomic mass is 79.9. The Morgan fingerprint density at radius 2 is 2.08 bits per heavy atom. The Morgan fingerprint density at radius 3 is 2.31 bits per heavy atom. The van der Waals surface area contributed by atoms with Crippen molar-refractivity contribution in [2.45, 2.75) is 26.2 Å². The molecule has 0 aliphatic carbocycles. The lowest BCUT2D eigenvalue weighted by Gasteiger charge is -2.13. The van der Waals surface area contributed by atoms with Crippen LogP contribution in [0, 0.1) is 0 Å². The number of aromatic nitrogens is 1. The fourth-order valence-corrected chi connectivity index (χ4v) is 2.31. The molecule has 1 rings (SSSR count). The third-order valence-corrected chi connectivity index (χ3v) is 3.56. The first-order valence-corrected chi connectivity index (χ1v) is 5.33. The van der Waals surface area contributed by atoms with Crippen molar-refractivity contribution in [2.24, 2.45) is 0 Å². The Hall–Kier alpha value is -0.420. The second-order valence-corrected chi connectivity index (χ2v) is 6.01. The van der Waals surface area contributed by atoms with Gasteiger partial charge < -0.3 is 5.11 Å². The summed E-state index contributed by atoms with van der Waals surface area (Å²) < 4.78 is 0.588. The standard InChI is InChI=1S/C8H10BrNO2S/c1-8(2,3)7-10-4(6(11)12)5(9)13-7/h1-3H3,(H,11,12). The van der Waals surface area contributed by atoms with E-state index in [1.807, 2.05) is 20.8 Å². The maximum atomic E-state index is 10.7. The predicted molar refractivity (Wildman–Crippen MR) is 55.5 cm³/mol. The zero-order valence-electron chi connectivity index (χ0n) is 7.59. The molecule has 1 heterocycles. The first kappa shape index (κ1) is 10.7. The van der Waals surface area contributed by atoms with Gasteiger partial charge >= 0.3 is 5.97 Å². The lowest BCUT2D eigenvalue weighted by molar-refractivity contribution is 0.0690. The van der Waals surface area contributed by atoms with Crippen LogP contribution in [-0.4, -0.2) is 16.1 Å². The third kappa shape index (κ3) is 2.28. The van der Waals surface area contributed by atoms with E-state index in [2.05, 4.69) is 20.9 Å². The van der Waals surface area contributed by atoms with E-state index in [1.54, 1.807) is 0 Å². The molecule has 0 spiro atoms. The molecule has 0 atom stereocenters. The lowest BCUT2D eigenvalue weighted by Crippen LogP contribution is -2.11. The molecule has 3 nitrogen and oxygen atoms in total. The van der Waals surface area contributed by atoms with Crippen molar-refractivity contribution in [2.75, 3.05) is 0 Å². The first-order chi connectivity index (χ1) is 5.82. The zero-order valence-corrected chi connectivity index (χ0v) is 9.99. The molecular weight excluding hydrogens is 254 g/mol. The largest absolute Gasteiger partial charge is 0.476 e. The van der Waals surface area contributed by atoms with Gasteiger partial charge in [-0.15, -0.1) is 11.3 Å². The molecular formula is C8H10BrNO2S. The minimum absolute atomic E-state index is 0.0963. The van der Waals surface area contributed by atoms with Gasteiger partial charge in [0.1, 0.15) is 8.79 Å². The van der Waals surface area contributed by atoms with Crippen molar-refractivity contribution in [3.63, 3.8) is 0 Å². The smallest absolute Gasteiger partial charge is 0.356 e. The van der Waals surface area contributed by atoms with Crippen LogP contribution in [0.15, 0.2) is 3.79 Å². The number of carboxylic acid groups (broad SMARTS) is 1. The van der Waals surface area contributed by atoms with Gasteiger partial charge in [-0.2, -0.15) is 0 Å². The van der Waals surface area contributed by atoms with Crippen LogP contribution in [0.25, 0.3) is 0 Å². The van der Waals surface area contributed by atoms with Crippen molar-refractivity contribution < 1.29 is 9.90 Å². The molecule has 0 unspecified atom stereocenters. The summed E-state index contributed by atoms with van der Waals surface area (Å²) in [6.07, 6.45) is 0. The van der Waals surface area contributed by atoms with Gasteiger partial charge in [0.25, 0.3) is 0 Å². The fourth-order valence-electron chi connectivity index (χ4n) is 0.754. The van der Waals surface area contributed by atoms with Crippen molar-refractivity contribution in [3.05, 3.63) is 14.5 Å². The van der Waals surface area contributed by atoms with E-state index in [1.165, 1.54) is 11.3 Å². The molecule has 0 radical (unpaired) electrons. The Morgan fingerprint density at radius 1 is 1.54 bits per heavy atom. The van der Waals surface area contributed by atoms with E-state index >= 15 is 0 Å². The minimum atomic E-state index is -0.987. The van der Waals surface area contributed by atoms with Gasteiger partial charge in [-0.1, -0.05) is 20.8 Å². The normalized spacial score (nSPS) is 11.7. The van der Waals surface area contributed by atoms with Crippen molar-refractivity contribution in [1.29, 1.82) is 0 Å². The topological polar surface area (TPSA) is 50.2 Å². The third-order valence-electron chi connectivity index (χ3n) is 1.43. The lowest BCUT2D eigenvalue weighted by atomic mass is 9.98. The number of nitrogens with zero attached hydrogens (tertiary/aromatic N) is 1. The number of hydrogen-bond donors (Lipinski definition) is 1. The van der Waals surface area contributed by atoms with E-state index in [4.69, 9.17) is 5.11 Å². The number of thiazole rings is 1. The monoisotopic (exact) mass is 263 g/mol. The number of rotatable bonds is 1. The van der Waals surface area contributed by atoms with Crippen LogP contribution >= 0.6 is 27.3 Å². The minimum Gasteiger partial charge on any atom is -0.476 e. The Balaban J connectivity index is 3.17. The summed E-state index contributed by atoms with van der Waals surface area (Å²) in [6, 6.07) is 0. The first-order valence-electron chi connectivity index (χ1n) is 3.72. The summed E-state index contributed by atoms with van der Waals surface area (Å²) in [7, 11) is 0. The molecule has 0 fully saturated rings. The molecule has 5 heteroatoms. The average Bonchev–Trinajstić information content (AvgIpc) is 2.29. The molecule has 13 heavy (non-hydrogen) atoms. The summed E-state index contributed by atoms with van der Waals surface area (Å²) in [5.74, 6) is -0.987. The van der Waals surface area contributed by atoms with Gasteiger partial charge in [-0.25, -0.2) is 9.78 Å². The zero-order chi connectivity index (χ0) is 10.2. The quantitative estimate of drug-likeness (QED) is 0.848. The second-order valence-electron chi connectivity index (χ2n) is 3.70. The summed E-state index contributed by atoms with van der Waals surface area (Å²) in [6.45, 7) is 6.01. The molecule has 0 saturated heterocycles. The molecule has 0 bridgehead atoms. The van der Waals surface area contributed by atoms with E-state index in [0.29, 0.717) is 3.79 Å². The van der Waals surface area contributed by atoms with Crippen LogP contribution in [-0.2, 0) is 5.41 Å². The highest BCUT2D eigenvalue weighted by Gasteiger charge is 2.23. The van der Waals surface area contributed by atoms with Crippen molar-refractivity contribution >= 4 is 33.2 Å². The molecule has 0 saturated carbocycles. The molecule has 1 aromatic rings. The number of carboxylic acids is 1. The Labute approximate surface area is 88.9 Å². The highest BCUT2D eigenvalue weighted by Crippen LogP contribution is 2.32. The van der Waals surface area contributed by atoms with Crippen LogP contribution in [0.1, 0.15) is 36.3 Å². The van der Waals surface area contributed by atoms with Crippen LogP contribution in [0.5, 0.6) is 0 Å². The molecule has 0 aliphatic rings. The van der Waals surface area contributed by atoms with Gasteiger partial charge in [0, 0.05) is 5.41 Å². The van der Waals surface area contributed by atoms with Gasteiger partial charge in [-0.05, 0) is 15.9 Å². The van der Waals surface area contributed by atoms with E-state index < -0.39 is 5.97 Å². The average molecular weight is 264 g/mol. The summed E-state index contributed by atoms with van der Waals surface area (Å²) in [5, 5.41) is 9.59. The van der Waals surface area contributed by atoms with E-state index in [0.717, 1.165) is 5.01 Å². The summed E-state index contributed by atoms with van der Waals surface area (Å²) in [4.78, 5) is 14.7. The van der Waals surface area contributed by atoms with Gasteiger partial charge in [0.2, 0.25) is 0 Å². The molecule has 1 aromatic heterocycles. The fraction of sp³-hybridized carbons (Fsp3) is 0.500. The van der Waals surface area contributed by atoms with Gasteiger partial charge in [0.05, 0.1) is 0 Å². The van der Waals surface area contributed by atoms with E-state index in [-0.39, 0.29) is 11.1 Å². The second kappa shape index (κ2) is 3.38. The maximum absolute atomic E-state index is 10.7. The number of halogens is 1. The molecule has 1 N–H and O–H groups in total. The van der Waals surface area contributed by atoms with Crippen LogP contribution in [0.2, 0.25) is 0 Å².